The van der Waals surface area contributed by atoms with Gasteiger partial charge >= 0.3 is 0 Å². The summed E-state index contributed by atoms with van der Waals surface area (Å²) in [6.45, 7) is 3.18. The van der Waals surface area contributed by atoms with Crippen LogP contribution < -0.4 is 10.1 Å². The van der Waals surface area contributed by atoms with Crippen LogP contribution in [0, 0.1) is 5.92 Å². The number of likely N-dealkylation sites (N-methyl/N-ethyl adjacent to an activating group) is 1. The standard InChI is InChI=1S/C14H20N2O2/c1-10-9-18-12-7-5-4-6-11(12)14(10)15-8-13(17)16(2)3/h4-7,10,14-15H,8-9H2,1-3H3. The van der Waals surface area contributed by atoms with Crippen molar-refractivity contribution in [2.75, 3.05) is 27.2 Å². The monoisotopic (exact) mass is 248 g/mol. The molecule has 0 aromatic heterocycles. The van der Waals surface area contributed by atoms with Gasteiger partial charge in [0.25, 0.3) is 0 Å². The molecule has 1 heterocycles. The molecule has 0 radical (unpaired) electrons. The van der Waals surface area contributed by atoms with Gasteiger partial charge in [0.1, 0.15) is 5.75 Å². The highest BCUT2D eigenvalue weighted by molar-refractivity contribution is 5.77. The molecular weight excluding hydrogens is 228 g/mol. The first kappa shape index (κ1) is 12.9. The van der Waals surface area contributed by atoms with Crippen LogP contribution >= 0.6 is 0 Å². The van der Waals surface area contributed by atoms with E-state index in [2.05, 4.69) is 18.3 Å². The molecule has 1 aromatic rings. The number of amides is 1. The summed E-state index contributed by atoms with van der Waals surface area (Å²) in [5.41, 5.74) is 1.14. The molecule has 1 aromatic carbocycles. The van der Waals surface area contributed by atoms with E-state index in [4.69, 9.17) is 4.74 Å². The number of benzene rings is 1. The van der Waals surface area contributed by atoms with Crippen LogP contribution in [-0.2, 0) is 4.79 Å². The van der Waals surface area contributed by atoms with Crippen LogP contribution in [0.1, 0.15) is 18.5 Å². The average molecular weight is 248 g/mol. The van der Waals surface area contributed by atoms with Crippen molar-refractivity contribution in [3.63, 3.8) is 0 Å². The van der Waals surface area contributed by atoms with E-state index >= 15 is 0 Å². The van der Waals surface area contributed by atoms with Gasteiger partial charge in [0.15, 0.2) is 0 Å². The van der Waals surface area contributed by atoms with Crippen LogP contribution in [0.25, 0.3) is 0 Å². The molecule has 0 bridgehead atoms. The van der Waals surface area contributed by atoms with Gasteiger partial charge in [0, 0.05) is 31.6 Å². The predicted octanol–water partition coefficient (Wildman–Crippen LogP) is 1.43. The minimum Gasteiger partial charge on any atom is -0.493 e. The van der Waals surface area contributed by atoms with E-state index in [1.54, 1.807) is 19.0 Å². The van der Waals surface area contributed by atoms with E-state index < -0.39 is 0 Å². The third kappa shape index (κ3) is 2.64. The van der Waals surface area contributed by atoms with Crippen molar-refractivity contribution in [3.8, 4) is 5.75 Å². The molecule has 4 heteroatoms. The highest BCUT2D eigenvalue weighted by atomic mass is 16.5. The van der Waals surface area contributed by atoms with Crippen molar-refractivity contribution in [2.24, 2.45) is 5.92 Å². The highest BCUT2D eigenvalue weighted by Gasteiger charge is 2.27. The molecule has 2 atom stereocenters. The fraction of sp³-hybridized carbons (Fsp3) is 0.500. The summed E-state index contributed by atoms with van der Waals surface area (Å²) in [6.07, 6.45) is 0. The quantitative estimate of drug-likeness (QED) is 0.880. The zero-order chi connectivity index (χ0) is 13.1. The number of hydrogen-bond acceptors (Lipinski definition) is 3. The molecule has 1 amide bonds. The second-order valence-electron chi connectivity index (χ2n) is 4.97. The lowest BCUT2D eigenvalue weighted by molar-refractivity contribution is -0.128. The van der Waals surface area contributed by atoms with E-state index in [1.165, 1.54) is 0 Å². The second kappa shape index (κ2) is 5.40. The molecule has 2 unspecified atom stereocenters. The van der Waals surface area contributed by atoms with Gasteiger partial charge in [-0.1, -0.05) is 25.1 Å². The lowest BCUT2D eigenvalue weighted by atomic mass is 9.92. The highest BCUT2D eigenvalue weighted by Crippen LogP contribution is 2.34. The Balaban J connectivity index is 2.10. The van der Waals surface area contributed by atoms with E-state index in [-0.39, 0.29) is 11.9 Å². The number of ether oxygens (including phenoxy) is 1. The van der Waals surface area contributed by atoms with Crippen molar-refractivity contribution < 1.29 is 9.53 Å². The SMILES string of the molecule is CC1COc2ccccc2C1NCC(=O)N(C)C. The Kier molecular flexibility index (Phi) is 3.87. The second-order valence-corrected chi connectivity index (χ2v) is 4.97. The number of fused-ring (bicyclic) bond motifs is 1. The zero-order valence-corrected chi connectivity index (χ0v) is 11.1. The zero-order valence-electron chi connectivity index (χ0n) is 11.1. The first-order valence-electron chi connectivity index (χ1n) is 6.25. The minimum absolute atomic E-state index is 0.0890. The Morgan fingerprint density at radius 2 is 2.17 bits per heavy atom. The van der Waals surface area contributed by atoms with Gasteiger partial charge in [-0.2, -0.15) is 0 Å². The first-order chi connectivity index (χ1) is 8.59. The van der Waals surface area contributed by atoms with Crippen molar-refractivity contribution in [2.45, 2.75) is 13.0 Å². The molecule has 1 aliphatic heterocycles. The molecule has 18 heavy (non-hydrogen) atoms. The minimum atomic E-state index is 0.0890. The fourth-order valence-corrected chi connectivity index (χ4v) is 2.16. The van der Waals surface area contributed by atoms with Crippen LogP contribution in [0.15, 0.2) is 24.3 Å². The number of carbonyl (C=O) groups excluding carboxylic acids is 1. The Labute approximate surface area is 108 Å². The summed E-state index contributed by atoms with van der Waals surface area (Å²) < 4.78 is 5.68. The lowest BCUT2D eigenvalue weighted by Gasteiger charge is -2.32. The molecule has 2 rings (SSSR count). The van der Waals surface area contributed by atoms with Gasteiger partial charge < -0.3 is 15.0 Å². The normalized spacial score (nSPS) is 21.9. The maximum Gasteiger partial charge on any atom is 0.236 e. The largest absolute Gasteiger partial charge is 0.493 e. The topological polar surface area (TPSA) is 41.6 Å². The fourth-order valence-electron chi connectivity index (χ4n) is 2.16. The summed E-state index contributed by atoms with van der Waals surface area (Å²) in [7, 11) is 3.54. The number of rotatable bonds is 3. The average Bonchev–Trinajstić information content (AvgIpc) is 2.37. The van der Waals surface area contributed by atoms with Gasteiger partial charge in [0.05, 0.1) is 13.2 Å². The molecule has 0 spiro atoms. The Bertz CT molecular complexity index is 432. The molecule has 98 valence electrons. The maximum atomic E-state index is 11.6. The van der Waals surface area contributed by atoms with Crippen LogP contribution in [0.3, 0.4) is 0 Å². The molecule has 4 nitrogen and oxygen atoms in total. The van der Waals surface area contributed by atoms with Crippen molar-refractivity contribution >= 4 is 5.91 Å². The van der Waals surface area contributed by atoms with E-state index in [0.717, 1.165) is 11.3 Å². The number of carbonyl (C=O) groups is 1. The molecule has 1 aliphatic rings. The molecule has 0 saturated carbocycles. The summed E-state index contributed by atoms with van der Waals surface area (Å²) in [5, 5.41) is 3.34. The number of nitrogens with zero attached hydrogens (tertiary/aromatic N) is 1. The number of para-hydroxylation sites is 1. The Hall–Kier alpha value is -1.55. The Morgan fingerprint density at radius 1 is 1.44 bits per heavy atom. The third-order valence-electron chi connectivity index (χ3n) is 3.30. The van der Waals surface area contributed by atoms with Gasteiger partial charge in [-0.05, 0) is 6.07 Å². The smallest absolute Gasteiger partial charge is 0.236 e. The van der Waals surface area contributed by atoms with E-state index in [0.29, 0.717) is 19.1 Å². The van der Waals surface area contributed by atoms with Crippen molar-refractivity contribution in [1.29, 1.82) is 0 Å². The first-order valence-corrected chi connectivity index (χ1v) is 6.25. The Morgan fingerprint density at radius 3 is 2.89 bits per heavy atom. The molecule has 0 aliphatic carbocycles. The van der Waals surface area contributed by atoms with Gasteiger partial charge in [-0.3, -0.25) is 4.79 Å². The van der Waals surface area contributed by atoms with E-state index in [9.17, 15) is 4.79 Å². The maximum absolute atomic E-state index is 11.6. The third-order valence-corrected chi connectivity index (χ3v) is 3.30. The van der Waals surface area contributed by atoms with Gasteiger partial charge in [-0.15, -0.1) is 0 Å². The predicted molar refractivity (Wildman–Crippen MR) is 70.5 cm³/mol. The molecule has 0 saturated heterocycles. The van der Waals surface area contributed by atoms with Crippen molar-refractivity contribution in [3.05, 3.63) is 29.8 Å². The van der Waals surface area contributed by atoms with Crippen LogP contribution in [-0.4, -0.2) is 38.1 Å². The summed E-state index contributed by atoms with van der Waals surface area (Å²) in [5.74, 6) is 1.37. The summed E-state index contributed by atoms with van der Waals surface area (Å²) in [4.78, 5) is 13.2. The number of nitrogens with one attached hydrogen (secondary N) is 1. The van der Waals surface area contributed by atoms with Crippen LogP contribution in [0.4, 0.5) is 0 Å². The van der Waals surface area contributed by atoms with Crippen LogP contribution in [0.5, 0.6) is 5.75 Å². The molecule has 1 N–H and O–H groups in total. The van der Waals surface area contributed by atoms with E-state index in [1.807, 2.05) is 18.2 Å². The van der Waals surface area contributed by atoms with Gasteiger partial charge in [0.2, 0.25) is 5.91 Å². The number of hydrogen-bond donors (Lipinski definition) is 1. The van der Waals surface area contributed by atoms with Crippen molar-refractivity contribution in [1.82, 2.24) is 10.2 Å². The van der Waals surface area contributed by atoms with Gasteiger partial charge in [-0.25, -0.2) is 0 Å². The molecule has 0 fully saturated rings. The summed E-state index contributed by atoms with van der Waals surface area (Å²) >= 11 is 0. The molecular formula is C14H20N2O2. The van der Waals surface area contributed by atoms with Crippen LogP contribution in [0.2, 0.25) is 0 Å². The lowest BCUT2D eigenvalue weighted by Crippen LogP contribution is -2.39. The summed E-state index contributed by atoms with van der Waals surface area (Å²) in [6, 6.07) is 8.19.